The number of carbonyl (C=O) groups excluding carboxylic acids is 1. The molecule has 138 valence electrons. The molecule has 0 spiro atoms. The van der Waals surface area contributed by atoms with Gasteiger partial charge in [-0.15, -0.1) is 0 Å². The van der Waals surface area contributed by atoms with Crippen molar-refractivity contribution in [3.63, 3.8) is 0 Å². The summed E-state index contributed by atoms with van der Waals surface area (Å²) in [7, 11) is -3.63. The highest BCUT2D eigenvalue weighted by Crippen LogP contribution is 2.21. The van der Waals surface area contributed by atoms with Crippen molar-refractivity contribution >= 4 is 37.5 Å². The molecule has 0 heterocycles. The van der Waals surface area contributed by atoms with Crippen LogP contribution < -0.4 is 10.0 Å². The predicted octanol–water partition coefficient (Wildman–Crippen LogP) is 4.31. The zero-order chi connectivity index (χ0) is 18.6. The van der Waals surface area contributed by atoms with E-state index in [1.54, 1.807) is 24.3 Å². The summed E-state index contributed by atoms with van der Waals surface area (Å²) in [5.41, 5.74) is 0.950. The van der Waals surface area contributed by atoms with Gasteiger partial charge >= 0.3 is 0 Å². The predicted molar refractivity (Wildman–Crippen MR) is 106 cm³/mol. The second-order valence-electron chi connectivity index (χ2n) is 6.45. The van der Waals surface area contributed by atoms with E-state index < -0.39 is 10.0 Å². The molecule has 0 bridgehead atoms. The fraction of sp³-hybridized carbons (Fsp3) is 0.316. The van der Waals surface area contributed by atoms with Gasteiger partial charge in [-0.05, 0) is 55.3 Å². The van der Waals surface area contributed by atoms with E-state index in [1.807, 2.05) is 12.1 Å². The highest BCUT2D eigenvalue weighted by atomic mass is 79.9. The van der Waals surface area contributed by atoms with Crippen molar-refractivity contribution in [2.24, 2.45) is 0 Å². The third-order valence-corrected chi connectivity index (χ3v) is 6.48. The molecule has 0 aliphatic heterocycles. The molecule has 3 rings (SSSR count). The van der Waals surface area contributed by atoms with E-state index in [4.69, 9.17) is 0 Å². The summed E-state index contributed by atoms with van der Waals surface area (Å²) in [6.45, 7) is 0. The highest BCUT2D eigenvalue weighted by Gasteiger charge is 2.22. The minimum Gasteiger partial charge on any atom is -0.322 e. The average Bonchev–Trinajstić information content (AvgIpc) is 2.64. The van der Waals surface area contributed by atoms with E-state index in [1.165, 1.54) is 12.1 Å². The minimum absolute atomic E-state index is 0.0194. The second-order valence-corrected chi connectivity index (χ2v) is 9.07. The van der Waals surface area contributed by atoms with Crippen LogP contribution >= 0.6 is 15.9 Å². The van der Waals surface area contributed by atoms with Crippen molar-refractivity contribution in [2.75, 3.05) is 5.32 Å². The smallest absolute Gasteiger partial charge is 0.255 e. The number of hydrogen-bond acceptors (Lipinski definition) is 3. The van der Waals surface area contributed by atoms with Crippen LogP contribution in [0.25, 0.3) is 0 Å². The molecule has 2 N–H and O–H groups in total. The second kappa shape index (κ2) is 8.33. The van der Waals surface area contributed by atoms with E-state index in [0.29, 0.717) is 11.3 Å². The molecule has 2 aromatic carbocycles. The van der Waals surface area contributed by atoms with Gasteiger partial charge in [-0.3, -0.25) is 4.79 Å². The molecular weight excluding hydrogens is 416 g/mol. The van der Waals surface area contributed by atoms with Gasteiger partial charge in [0.05, 0.1) is 4.90 Å². The fourth-order valence-corrected chi connectivity index (χ4v) is 4.66. The van der Waals surface area contributed by atoms with Gasteiger partial charge in [-0.1, -0.05) is 41.3 Å². The molecule has 1 amide bonds. The number of carbonyl (C=O) groups is 1. The zero-order valence-corrected chi connectivity index (χ0v) is 16.6. The summed E-state index contributed by atoms with van der Waals surface area (Å²) in [5.74, 6) is -0.345. The molecule has 1 fully saturated rings. The molecular formula is C19H21BrN2O3S. The third-order valence-electron chi connectivity index (χ3n) is 4.44. The number of nitrogens with one attached hydrogen (secondary N) is 2. The van der Waals surface area contributed by atoms with Crippen LogP contribution in [0.3, 0.4) is 0 Å². The van der Waals surface area contributed by atoms with Gasteiger partial charge in [-0.2, -0.15) is 0 Å². The highest BCUT2D eigenvalue weighted by molar-refractivity contribution is 9.10. The van der Waals surface area contributed by atoms with Gasteiger partial charge in [0.1, 0.15) is 0 Å². The Balaban J connectivity index is 1.74. The van der Waals surface area contributed by atoms with Gasteiger partial charge in [0, 0.05) is 21.8 Å². The number of hydrogen-bond donors (Lipinski definition) is 2. The summed E-state index contributed by atoms with van der Waals surface area (Å²) >= 11 is 3.34. The monoisotopic (exact) mass is 436 g/mol. The van der Waals surface area contributed by atoms with E-state index in [0.717, 1.165) is 36.6 Å². The molecule has 7 heteroatoms. The van der Waals surface area contributed by atoms with Crippen molar-refractivity contribution in [1.82, 2.24) is 4.72 Å². The lowest BCUT2D eigenvalue weighted by Gasteiger charge is -2.22. The van der Waals surface area contributed by atoms with Crippen LogP contribution in [0.4, 0.5) is 5.69 Å². The molecule has 0 aromatic heterocycles. The van der Waals surface area contributed by atoms with Crippen LogP contribution in [0.5, 0.6) is 0 Å². The number of amides is 1. The van der Waals surface area contributed by atoms with Crippen LogP contribution in [-0.2, 0) is 10.0 Å². The Morgan fingerprint density at radius 1 is 1.00 bits per heavy atom. The Morgan fingerprint density at radius 3 is 2.38 bits per heavy atom. The third kappa shape index (κ3) is 4.93. The largest absolute Gasteiger partial charge is 0.322 e. The first-order chi connectivity index (χ1) is 12.4. The lowest BCUT2D eigenvalue weighted by Crippen LogP contribution is -2.36. The molecule has 0 saturated heterocycles. The van der Waals surface area contributed by atoms with E-state index in [-0.39, 0.29) is 16.8 Å². The Bertz CT molecular complexity index is 876. The molecule has 1 aliphatic carbocycles. The minimum atomic E-state index is -3.63. The SMILES string of the molecule is O=C(Nc1ccc(Br)cc1)c1cccc(S(=O)(=O)NC2CCCCC2)c1. The lowest BCUT2D eigenvalue weighted by atomic mass is 9.96. The molecule has 0 radical (unpaired) electrons. The van der Waals surface area contributed by atoms with Crippen molar-refractivity contribution in [1.29, 1.82) is 0 Å². The maximum atomic E-state index is 12.6. The molecule has 1 aliphatic rings. The normalized spacial score (nSPS) is 15.6. The molecule has 2 aromatic rings. The first-order valence-corrected chi connectivity index (χ1v) is 10.9. The van der Waals surface area contributed by atoms with E-state index in [2.05, 4.69) is 26.0 Å². The van der Waals surface area contributed by atoms with Crippen molar-refractivity contribution in [3.8, 4) is 0 Å². The molecule has 0 unspecified atom stereocenters. The maximum absolute atomic E-state index is 12.6. The number of rotatable bonds is 5. The van der Waals surface area contributed by atoms with Gasteiger partial charge < -0.3 is 5.32 Å². The van der Waals surface area contributed by atoms with Gasteiger partial charge in [0.2, 0.25) is 10.0 Å². The molecule has 26 heavy (non-hydrogen) atoms. The summed E-state index contributed by atoms with van der Waals surface area (Å²) in [6.07, 6.45) is 4.97. The topological polar surface area (TPSA) is 75.3 Å². The van der Waals surface area contributed by atoms with Crippen LogP contribution in [0.15, 0.2) is 57.9 Å². The molecule has 5 nitrogen and oxygen atoms in total. The zero-order valence-electron chi connectivity index (χ0n) is 14.2. The Labute approximate surface area is 162 Å². The van der Waals surface area contributed by atoms with Gasteiger partial charge in [0.25, 0.3) is 5.91 Å². The van der Waals surface area contributed by atoms with Crippen LogP contribution in [0.1, 0.15) is 42.5 Å². The van der Waals surface area contributed by atoms with Gasteiger partial charge in [-0.25, -0.2) is 13.1 Å². The Hall–Kier alpha value is -1.70. The van der Waals surface area contributed by atoms with E-state index >= 15 is 0 Å². The Morgan fingerprint density at radius 2 is 1.69 bits per heavy atom. The van der Waals surface area contributed by atoms with Crippen LogP contribution in [0, 0.1) is 0 Å². The number of halogens is 1. The van der Waals surface area contributed by atoms with Crippen molar-refractivity contribution < 1.29 is 13.2 Å². The fourth-order valence-electron chi connectivity index (χ4n) is 3.05. The number of benzene rings is 2. The van der Waals surface area contributed by atoms with Crippen molar-refractivity contribution in [3.05, 3.63) is 58.6 Å². The summed E-state index contributed by atoms with van der Waals surface area (Å²) < 4.78 is 28.9. The summed E-state index contributed by atoms with van der Waals surface area (Å²) in [6, 6.07) is 13.3. The standard InChI is InChI=1S/C19H21BrN2O3S/c20-15-9-11-16(12-10-15)21-19(23)14-5-4-8-18(13-14)26(24,25)22-17-6-2-1-3-7-17/h4-5,8-13,17,22H,1-3,6-7H2,(H,21,23). The summed E-state index contributed by atoms with van der Waals surface area (Å²) in [4.78, 5) is 12.5. The van der Waals surface area contributed by atoms with Crippen LogP contribution in [0.2, 0.25) is 0 Å². The van der Waals surface area contributed by atoms with Crippen molar-refractivity contribution in [2.45, 2.75) is 43.0 Å². The number of anilines is 1. The quantitative estimate of drug-likeness (QED) is 0.732. The molecule has 1 saturated carbocycles. The summed E-state index contributed by atoms with van der Waals surface area (Å²) in [5, 5.41) is 2.77. The lowest BCUT2D eigenvalue weighted by molar-refractivity contribution is 0.102. The number of sulfonamides is 1. The first kappa shape index (κ1) is 19.1. The molecule has 0 atom stereocenters. The Kier molecular flexibility index (Phi) is 6.11. The van der Waals surface area contributed by atoms with Crippen LogP contribution in [-0.4, -0.2) is 20.4 Å². The van der Waals surface area contributed by atoms with E-state index in [9.17, 15) is 13.2 Å². The first-order valence-electron chi connectivity index (χ1n) is 8.63. The maximum Gasteiger partial charge on any atom is 0.255 e. The van der Waals surface area contributed by atoms with Gasteiger partial charge in [0.15, 0.2) is 0 Å². The average molecular weight is 437 g/mol.